The van der Waals surface area contributed by atoms with Crippen molar-refractivity contribution in [1.29, 1.82) is 0 Å². The first kappa shape index (κ1) is 19.4. The van der Waals surface area contributed by atoms with Crippen LogP contribution < -0.4 is 15.8 Å². The molecule has 0 spiro atoms. The Morgan fingerprint density at radius 2 is 2.08 bits per heavy atom. The van der Waals surface area contributed by atoms with E-state index in [9.17, 15) is 8.78 Å². The quantitative estimate of drug-likeness (QED) is 0.404. The maximum absolute atomic E-state index is 13.5. The number of benzene rings is 1. The summed E-state index contributed by atoms with van der Waals surface area (Å²) < 4.78 is 32.4. The van der Waals surface area contributed by atoms with E-state index in [0.717, 1.165) is 36.6 Å². The van der Waals surface area contributed by atoms with Crippen molar-refractivity contribution in [2.75, 3.05) is 5.32 Å². The molecule has 0 unspecified atom stereocenters. The smallest absolute Gasteiger partial charge is 0.213 e. The van der Waals surface area contributed by atoms with Gasteiger partial charge in [-0.25, -0.2) is 18.8 Å². The minimum Gasteiger partial charge on any atom is -0.474 e. The van der Waals surface area contributed by atoms with Crippen molar-refractivity contribution in [3.63, 3.8) is 0 Å². The van der Waals surface area contributed by atoms with Crippen LogP contribution >= 0.6 is 24.0 Å². The molecule has 3 rings (SSSR count). The number of nitrogens with zero attached hydrogens (tertiary/aromatic N) is 2. The number of anilines is 1. The minimum atomic E-state index is -0.602. The van der Waals surface area contributed by atoms with Crippen molar-refractivity contribution in [3.8, 4) is 5.88 Å². The number of halogens is 3. The van der Waals surface area contributed by atoms with Gasteiger partial charge in [0.05, 0.1) is 12.2 Å². The Kier molecular flexibility index (Phi) is 6.91. The lowest BCUT2D eigenvalue weighted by Crippen LogP contribution is -2.25. The van der Waals surface area contributed by atoms with Crippen molar-refractivity contribution in [3.05, 3.63) is 53.7 Å². The second kappa shape index (κ2) is 8.93. The molecule has 5 nitrogen and oxygen atoms in total. The van der Waals surface area contributed by atoms with Gasteiger partial charge in [0, 0.05) is 18.3 Å². The van der Waals surface area contributed by atoms with Crippen LogP contribution in [-0.2, 0) is 6.54 Å². The number of nitrogens with one attached hydrogen (secondary N) is 1. The Balaban J connectivity index is 0.00000225. The molecular weight excluding hydrogens is 441 g/mol. The number of guanidine groups is 1. The van der Waals surface area contributed by atoms with Crippen molar-refractivity contribution < 1.29 is 13.5 Å². The Hall–Kier alpha value is -1.97. The summed E-state index contributed by atoms with van der Waals surface area (Å²) in [5.41, 5.74) is 6.53. The monoisotopic (exact) mass is 460 g/mol. The van der Waals surface area contributed by atoms with Gasteiger partial charge >= 0.3 is 0 Å². The van der Waals surface area contributed by atoms with Crippen LogP contribution in [0, 0.1) is 11.6 Å². The average Bonchev–Trinajstić information content (AvgIpc) is 2.53. The number of aliphatic imine (C=N–C) groups is 1. The number of hydrogen-bond acceptors (Lipinski definition) is 3. The zero-order valence-electron chi connectivity index (χ0n) is 13.4. The molecule has 1 aliphatic carbocycles. The van der Waals surface area contributed by atoms with E-state index in [4.69, 9.17) is 10.5 Å². The maximum atomic E-state index is 13.5. The van der Waals surface area contributed by atoms with Gasteiger partial charge in [0.1, 0.15) is 17.7 Å². The number of nitrogens with two attached hydrogens (primary N) is 1. The van der Waals surface area contributed by atoms with Crippen molar-refractivity contribution in [2.45, 2.75) is 31.9 Å². The minimum absolute atomic E-state index is 0. The van der Waals surface area contributed by atoms with Gasteiger partial charge in [-0.1, -0.05) is 0 Å². The molecule has 1 heterocycles. The van der Waals surface area contributed by atoms with Crippen LogP contribution in [0.2, 0.25) is 0 Å². The van der Waals surface area contributed by atoms with Crippen molar-refractivity contribution in [2.24, 2.45) is 10.7 Å². The molecule has 8 heteroatoms. The Morgan fingerprint density at radius 3 is 2.80 bits per heavy atom. The zero-order valence-corrected chi connectivity index (χ0v) is 15.7. The summed E-state index contributed by atoms with van der Waals surface area (Å²) in [5, 5.41) is 2.55. The molecule has 0 atom stereocenters. The van der Waals surface area contributed by atoms with Gasteiger partial charge in [-0.2, -0.15) is 0 Å². The van der Waals surface area contributed by atoms with Gasteiger partial charge in [0.15, 0.2) is 5.96 Å². The van der Waals surface area contributed by atoms with Gasteiger partial charge in [-0.3, -0.25) is 0 Å². The summed E-state index contributed by atoms with van der Waals surface area (Å²) >= 11 is 0. The summed E-state index contributed by atoms with van der Waals surface area (Å²) in [5.74, 6) is -0.596. The van der Waals surface area contributed by atoms with E-state index < -0.39 is 11.6 Å². The van der Waals surface area contributed by atoms with Crippen LogP contribution in [0.25, 0.3) is 0 Å². The van der Waals surface area contributed by atoms with E-state index in [2.05, 4.69) is 15.3 Å². The Labute approximate surface area is 161 Å². The van der Waals surface area contributed by atoms with Crippen LogP contribution in [0.15, 0.2) is 41.5 Å². The molecule has 134 valence electrons. The van der Waals surface area contributed by atoms with E-state index in [-0.39, 0.29) is 48.3 Å². The number of hydrogen-bond donors (Lipinski definition) is 2. The first-order valence-electron chi connectivity index (χ1n) is 7.74. The number of ether oxygens (including phenoxy) is 1. The van der Waals surface area contributed by atoms with Crippen LogP contribution in [0.4, 0.5) is 14.5 Å². The highest BCUT2D eigenvalue weighted by Gasteiger charge is 2.19. The number of pyridine rings is 1. The van der Waals surface area contributed by atoms with E-state index in [1.807, 2.05) is 0 Å². The predicted molar refractivity (Wildman–Crippen MR) is 103 cm³/mol. The maximum Gasteiger partial charge on any atom is 0.213 e. The largest absolute Gasteiger partial charge is 0.474 e. The Bertz CT molecular complexity index is 753. The van der Waals surface area contributed by atoms with Gasteiger partial charge in [0.25, 0.3) is 0 Å². The van der Waals surface area contributed by atoms with E-state index in [1.165, 1.54) is 6.42 Å². The molecule has 0 amide bonds. The third-order valence-corrected chi connectivity index (χ3v) is 3.76. The molecule has 1 fully saturated rings. The number of rotatable bonds is 5. The molecule has 25 heavy (non-hydrogen) atoms. The topological polar surface area (TPSA) is 72.5 Å². The molecular formula is C17H19F2IN4O. The van der Waals surface area contributed by atoms with Gasteiger partial charge < -0.3 is 15.8 Å². The Morgan fingerprint density at radius 1 is 1.28 bits per heavy atom. The molecule has 1 aromatic heterocycles. The lowest BCUT2D eigenvalue weighted by Gasteiger charge is -2.25. The van der Waals surface area contributed by atoms with E-state index >= 15 is 0 Å². The van der Waals surface area contributed by atoms with E-state index in [1.54, 1.807) is 18.3 Å². The summed E-state index contributed by atoms with van der Waals surface area (Å²) in [6.07, 6.45) is 5.20. The second-order valence-corrected chi connectivity index (χ2v) is 5.62. The molecule has 0 aliphatic heterocycles. The SMILES string of the molecule is I.NC(=NCc1ccnc(OC2CCC2)c1)Nc1cc(F)ccc1F. The lowest BCUT2D eigenvalue weighted by atomic mass is 9.96. The van der Waals surface area contributed by atoms with Gasteiger partial charge in [0.2, 0.25) is 5.88 Å². The molecule has 1 saturated carbocycles. The van der Waals surface area contributed by atoms with Crippen LogP contribution in [0.5, 0.6) is 5.88 Å². The van der Waals surface area contributed by atoms with Crippen LogP contribution in [0.3, 0.4) is 0 Å². The second-order valence-electron chi connectivity index (χ2n) is 5.62. The van der Waals surface area contributed by atoms with E-state index in [0.29, 0.717) is 5.88 Å². The molecule has 2 aromatic rings. The summed E-state index contributed by atoms with van der Waals surface area (Å²) in [6.45, 7) is 0.277. The molecule has 0 saturated heterocycles. The third kappa shape index (κ3) is 5.52. The summed E-state index contributed by atoms with van der Waals surface area (Å²) in [6, 6.07) is 6.69. The van der Waals surface area contributed by atoms with Crippen molar-refractivity contribution in [1.82, 2.24) is 4.98 Å². The highest BCUT2D eigenvalue weighted by molar-refractivity contribution is 14.0. The normalized spacial score (nSPS) is 14.4. The fraction of sp³-hybridized carbons (Fsp3) is 0.294. The zero-order chi connectivity index (χ0) is 16.9. The highest BCUT2D eigenvalue weighted by atomic mass is 127. The first-order chi connectivity index (χ1) is 11.6. The standard InChI is InChI=1S/C17H18F2N4O.HI/c18-12-4-5-14(19)15(9-12)23-17(20)22-10-11-6-7-21-16(8-11)24-13-2-1-3-13;/h4-9,13H,1-3,10H2,(H3,20,22,23);1H. The summed E-state index contributed by atoms with van der Waals surface area (Å²) in [7, 11) is 0. The molecule has 1 aromatic carbocycles. The number of aromatic nitrogens is 1. The summed E-state index contributed by atoms with van der Waals surface area (Å²) in [4.78, 5) is 8.29. The predicted octanol–water partition coefficient (Wildman–Crippen LogP) is 3.84. The molecule has 0 bridgehead atoms. The molecule has 0 radical (unpaired) electrons. The average molecular weight is 460 g/mol. The van der Waals surface area contributed by atoms with Gasteiger partial charge in [-0.05, 0) is 43.0 Å². The van der Waals surface area contributed by atoms with Crippen molar-refractivity contribution >= 4 is 35.6 Å². The third-order valence-electron chi connectivity index (χ3n) is 3.76. The first-order valence-corrected chi connectivity index (χ1v) is 7.74. The highest BCUT2D eigenvalue weighted by Crippen LogP contribution is 2.24. The fourth-order valence-corrected chi connectivity index (χ4v) is 2.22. The molecule has 3 N–H and O–H groups in total. The van der Waals surface area contributed by atoms with Crippen LogP contribution in [0.1, 0.15) is 24.8 Å². The van der Waals surface area contributed by atoms with Gasteiger partial charge in [-0.15, -0.1) is 24.0 Å². The fourth-order valence-electron chi connectivity index (χ4n) is 2.22. The molecule has 1 aliphatic rings. The lowest BCUT2D eigenvalue weighted by molar-refractivity contribution is 0.114. The van der Waals surface area contributed by atoms with Crippen LogP contribution in [-0.4, -0.2) is 17.0 Å².